The zero-order valence-electron chi connectivity index (χ0n) is 11.2. The summed E-state index contributed by atoms with van der Waals surface area (Å²) in [6.07, 6.45) is 0. The van der Waals surface area contributed by atoms with Crippen molar-refractivity contribution in [3.8, 4) is 0 Å². The summed E-state index contributed by atoms with van der Waals surface area (Å²) < 4.78 is 0. The second-order valence-electron chi connectivity index (χ2n) is 2.39. The van der Waals surface area contributed by atoms with E-state index in [1.807, 2.05) is 0 Å². The van der Waals surface area contributed by atoms with Gasteiger partial charge in [0.25, 0.3) is 0 Å². The van der Waals surface area contributed by atoms with Crippen molar-refractivity contribution in [2.75, 3.05) is 26.2 Å². The minimum Gasteiger partial charge on any atom is -0.480 e. The zero-order valence-corrected chi connectivity index (χ0v) is 14.3. The molecule has 0 aliphatic rings. The molecule has 22 heavy (non-hydrogen) atoms. The average Bonchev–Trinajstić information content (AvgIpc) is 2.40. The van der Waals surface area contributed by atoms with Gasteiger partial charge in [-0.3, -0.25) is 19.2 Å². The van der Waals surface area contributed by atoms with Gasteiger partial charge in [0.15, 0.2) is 0 Å². The third-order valence-corrected chi connectivity index (χ3v) is 0.698. The molecule has 140 valence electrons. The number of carboxylic acid groups (broad SMARTS) is 4. The van der Waals surface area contributed by atoms with Crippen LogP contribution in [0, 0.1) is 0 Å². The van der Waals surface area contributed by atoms with Gasteiger partial charge in [-0.1, -0.05) is 0 Å². The number of rotatable bonds is 4. The summed E-state index contributed by atoms with van der Waals surface area (Å²) in [6, 6.07) is 0. The average molecular weight is 513 g/mol. The Labute approximate surface area is 153 Å². The molecular weight excluding hydrogens is 493 g/mol. The molecule has 0 aromatic heterocycles. The van der Waals surface area contributed by atoms with Crippen LogP contribution >= 0.6 is 0 Å². The van der Waals surface area contributed by atoms with Crippen LogP contribution in [0.4, 0.5) is 0 Å². The van der Waals surface area contributed by atoms with Gasteiger partial charge in [-0.25, -0.2) is 0 Å². The first-order valence-electron chi connectivity index (χ1n) is 4.76. The molecule has 0 spiro atoms. The minimum atomic E-state index is -0.968. The van der Waals surface area contributed by atoms with Gasteiger partial charge in [0.2, 0.25) is 0 Å². The Hall–Kier alpha value is -0.955. The summed E-state index contributed by atoms with van der Waals surface area (Å²) in [4.78, 5) is 37.0. The quantitative estimate of drug-likeness (QED) is 0.168. The van der Waals surface area contributed by atoms with E-state index in [-0.39, 0.29) is 67.0 Å². The standard InChI is InChI=1S/4C2H5NO2.2Pd/c4*3-1-2(4)5;;/h4*1,3H2,(H,4,5);;. The van der Waals surface area contributed by atoms with Crippen molar-refractivity contribution in [1.29, 1.82) is 0 Å². The third-order valence-electron chi connectivity index (χ3n) is 0.698. The molecule has 0 aliphatic heterocycles. The largest absolute Gasteiger partial charge is 0.480 e. The number of aliphatic carboxylic acids is 4. The molecule has 0 aromatic rings. The van der Waals surface area contributed by atoms with Crippen molar-refractivity contribution in [3.63, 3.8) is 0 Å². The van der Waals surface area contributed by atoms with Crippen LogP contribution in [0.1, 0.15) is 0 Å². The molecule has 0 fully saturated rings. The molecule has 14 heteroatoms. The monoisotopic (exact) mass is 512 g/mol. The fourth-order valence-electron chi connectivity index (χ4n) is 0. The van der Waals surface area contributed by atoms with Gasteiger partial charge in [0.05, 0.1) is 26.2 Å². The van der Waals surface area contributed by atoms with Gasteiger partial charge in [0, 0.05) is 40.8 Å². The van der Waals surface area contributed by atoms with Crippen molar-refractivity contribution in [2.45, 2.75) is 0 Å². The van der Waals surface area contributed by atoms with E-state index in [0.29, 0.717) is 0 Å². The molecule has 0 unspecified atom stereocenters. The van der Waals surface area contributed by atoms with Crippen molar-refractivity contribution in [3.05, 3.63) is 0 Å². The van der Waals surface area contributed by atoms with E-state index in [1.165, 1.54) is 0 Å². The zero-order chi connectivity index (χ0) is 17.1. The van der Waals surface area contributed by atoms with Crippen LogP contribution in [0.25, 0.3) is 0 Å². The van der Waals surface area contributed by atoms with Crippen LogP contribution in [-0.2, 0) is 60.0 Å². The van der Waals surface area contributed by atoms with Crippen LogP contribution in [-0.4, -0.2) is 70.5 Å². The Balaban J connectivity index is -0.0000000376. The number of carbonyl (C=O) groups is 4. The van der Waals surface area contributed by atoms with Gasteiger partial charge < -0.3 is 43.4 Å². The first-order chi connectivity index (χ1) is 9.08. The molecule has 0 saturated carbocycles. The molecule has 0 bridgehead atoms. The molecule has 12 nitrogen and oxygen atoms in total. The van der Waals surface area contributed by atoms with E-state index in [9.17, 15) is 19.2 Å². The Bertz CT molecular complexity index is 237. The predicted octanol–water partition coefficient (Wildman–Crippen LogP) is -3.89. The molecule has 0 radical (unpaired) electrons. The van der Waals surface area contributed by atoms with Crippen molar-refractivity contribution in [2.24, 2.45) is 22.9 Å². The molecule has 0 amide bonds. The van der Waals surface area contributed by atoms with Crippen molar-refractivity contribution >= 4 is 23.9 Å². The molecule has 0 rings (SSSR count). The van der Waals surface area contributed by atoms with E-state index >= 15 is 0 Å². The first-order valence-corrected chi connectivity index (χ1v) is 4.76. The van der Waals surface area contributed by atoms with Gasteiger partial charge in [-0.05, 0) is 0 Å². The van der Waals surface area contributed by atoms with Gasteiger partial charge >= 0.3 is 23.9 Å². The minimum absolute atomic E-state index is 0. The van der Waals surface area contributed by atoms with Gasteiger partial charge in [0.1, 0.15) is 0 Å². The summed E-state index contributed by atoms with van der Waals surface area (Å²) >= 11 is 0. The first kappa shape index (κ1) is 37.4. The van der Waals surface area contributed by atoms with Crippen LogP contribution < -0.4 is 22.9 Å². The molecule has 0 saturated heterocycles. The maximum absolute atomic E-state index is 9.24. The fraction of sp³-hybridized carbons (Fsp3) is 0.500. The van der Waals surface area contributed by atoms with Gasteiger partial charge in [-0.15, -0.1) is 0 Å². The normalized spacial score (nSPS) is 6.73. The van der Waals surface area contributed by atoms with Gasteiger partial charge in [-0.2, -0.15) is 0 Å². The second-order valence-corrected chi connectivity index (χ2v) is 2.39. The Kier molecular flexibility index (Phi) is 54.5. The van der Waals surface area contributed by atoms with E-state index in [4.69, 9.17) is 20.4 Å². The molecule has 0 aliphatic carbocycles. The molecular formula is C8H20N4O8Pd2. The number of hydrogen-bond acceptors (Lipinski definition) is 8. The second kappa shape index (κ2) is 32.1. The predicted molar refractivity (Wildman–Crippen MR) is 66.8 cm³/mol. The number of hydrogen-bond donors (Lipinski definition) is 8. The Morgan fingerprint density at radius 2 is 0.545 bits per heavy atom. The van der Waals surface area contributed by atoms with Crippen molar-refractivity contribution < 1.29 is 80.4 Å². The topological polar surface area (TPSA) is 253 Å². The van der Waals surface area contributed by atoms with E-state index in [0.717, 1.165) is 0 Å². The third kappa shape index (κ3) is 125. The van der Waals surface area contributed by atoms with Crippen LogP contribution in [0.2, 0.25) is 0 Å². The van der Waals surface area contributed by atoms with E-state index in [2.05, 4.69) is 22.9 Å². The summed E-state index contributed by atoms with van der Waals surface area (Å²) in [5.74, 6) is -3.87. The molecule has 0 atom stereocenters. The maximum atomic E-state index is 9.24. The molecule has 12 N–H and O–H groups in total. The summed E-state index contributed by atoms with van der Waals surface area (Å²) in [5.41, 5.74) is 18.3. The maximum Gasteiger partial charge on any atom is 0.317 e. The smallest absolute Gasteiger partial charge is 0.317 e. The SMILES string of the molecule is NCC(=O)O.NCC(=O)O.NCC(=O)O.NCC(=O)O.[Pd].[Pd]. The summed E-state index contributed by atoms with van der Waals surface area (Å²) in [5, 5.41) is 30.4. The summed E-state index contributed by atoms with van der Waals surface area (Å²) in [6.45, 7) is -1.11. The Morgan fingerprint density at radius 3 is 0.545 bits per heavy atom. The summed E-state index contributed by atoms with van der Waals surface area (Å²) in [7, 11) is 0. The number of nitrogens with two attached hydrogens (primary N) is 4. The van der Waals surface area contributed by atoms with E-state index in [1.54, 1.807) is 0 Å². The fourth-order valence-corrected chi connectivity index (χ4v) is 0. The molecule has 0 heterocycles. The van der Waals surface area contributed by atoms with E-state index < -0.39 is 23.9 Å². The molecule has 0 aromatic carbocycles. The Morgan fingerprint density at radius 1 is 0.500 bits per heavy atom. The van der Waals surface area contributed by atoms with Crippen LogP contribution in [0.15, 0.2) is 0 Å². The number of carboxylic acids is 4. The van der Waals surface area contributed by atoms with Crippen LogP contribution in [0.5, 0.6) is 0 Å². The van der Waals surface area contributed by atoms with Crippen molar-refractivity contribution in [1.82, 2.24) is 0 Å². The van der Waals surface area contributed by atoms with Crippen LogP contribution in [0.3, 0.4) is 0 Å².